The molecule has 1 N–H and O–H groups in total. The number of hydrogen-bond acceptors (Lipinski definition) is 3. The minimum atomic E-state index is -0.742. The Hall–Kier alpha value is -0.440. The fourth-order valence-corrected chi connectivity index (χ4v) is 0.319. The Labute approximate surface area is 48.7 Å². The van der Waals surface area contributed by atoms with Gasteiger partial charge in [0.25, 0.3) is 0 Å². The summed E-state index contributed by atoms with van der Waals surface area (Å²) >= 11 is 0. The van der Waals surface area contributed by atoms with Crippen LogP contribution in [0.2, 0.25) is 0 Å². The number of rotatable bonds is 3. The van der Waals surface area contributed by atoms with E-state index in [4.69, 9.17) is 5.11 Å². The van der Waals surface area contributed by atoms with E-state index in [9.17, 15) is 4.91 Å². The summed E-state index contributed by atoms with van der Waals surface area (Å²) in [6, 6.07) is 0. The quantitative estimate of drug-likeness (QED) is 0.558. The van der Waals surface area contributed by atoms with Crippen molar-refractivity contribution in [2.45, 2.75) is 25.9 Å². The smallest absolute Gasteiger partial charge is 0.0838 e. The zero-order valence-electron chi connectivity index (χ0n) is 5.22. The summed E-state index contributed by atoms with van der Waals surface area (Å²) in [7, 11) is 0. The number of hydrogen-bond donors (Lipinski definition) is 1. The van der Waals surface area contributed by atoms with Crippen molar-refractivity contribution in [3.63, 3.8) is 0 Å². The summed E-state index contributed by atoms with van der Waals surface area (Å²) in [6.45, 7) is 3.50. The second-order valence-electron chi connectivity index (χ2n) is 2.42. The zero-order chi connectivity index (χ0) is 6.62. The van der Waals surface area contributed by atoms with E-state index < -0.39 is 5.60 Å². The Kier molecular flexibility index (Phi) is 2.62. The van der Waals surface area contributed by atoms with Crippen LogP contribution in [0.5, 0.6) is 0 Å². The lowest BCUT2D eigenvalue weighted by Gasteiger charge is -2.13. The second kappa shape index (κ2) is 2.77. The average molecular weight is 117 g/mol. The highest BCUT2D eigenvalue weighted by Crippen LogP contribution is 2.05. The molecule has 0 aliphatic heterocycles. The van der Waals surface area contributed by atoms with Gasteiger partial charge in [-0.25, -0.2) is 0 Å². The molecule has 0 atom stereocenters. The molecule has 0 aliphatic rings. The van der Waals surface area contributed by atoms with Crippen molar-refractivity contribution in [3.8, 4) is 0 Å². The maximum Gasteiger partial charge on any atom is 0.0838 e. The number of nitrogens with zero attached hydrogens (tertiary/aromatic N) is 1. The minimum Gasteiger partial charge on any atom is -0.390 e. The predicted octanol–water partition coefficient (Wildman–Crippen LogP) is 0.914. The fraction of sp³-hybridized carbons (Fsp3) is 1.00. The van der Waals surface area contributed by atoms with Gasteiger partial charge in [0, 0.05) is 0 Å². The molecule has 0 aliphatic carbocycles. The van der Waals surface area contributed by atoms with Crippen molar-refractivity contribution in [2.75, 3.05) is 6.54 Å². The van der Waals surface area contributed by atoms with Gasteiger partial charge in [-0.15, -0.1) is 0 Å². The predicted molar refractivity (Wildman–Crippen MR) is 31.6 cm³/mol. The Bertz CT molecular complexity index is 75.0. The van der Waals surface area contributed by atoms with Gasteiger partial charge in [0.1, 0.15) is 0 Å². The first-order chi connectivity index (χ1) is 3.56. The molecule has 3 heteroatoms. The highest BCUT2D eigenvalue weighted by molar-refractivity contribution is 4.65. The summed E-state index contributed by atoms with van der Waals surface area (Å²) in [5.41, 5.74) is -0.742. The molecule has 3 nitrogen and oxygen atoms in total. The van der Waals surface area contributed by atoms with Gasteiger partial charge in [-0.05, 0) is 20.3 Å². The number of nitroso groups, excluding NO2 is 1. The van der Waals surface area contributed by atoms with Gasteiger partial charge in [0.15, 0.2) is 0 Å². The molecule has 0 radical (unpaired) electrons. The molecular weight excluding hydrogens is 106 g/mol. The summed E-state index contributed by atoms with van der Waals surface area (Å²) in [6.07, 6.45) is 0.441. The van der Waals surface area contributed by atoms with Crippen LogP contribution >= 0.6 is 0 Å². The molecule has 0 saturated heterocycles. The highest BCUT2D eigenvalue weighted by Gasteiger charge is 2.10. The molecule has 48 valence electrons. The highest BCUT2D eigenvalue weighted by atomic mass is 16.3. The van der Waals surface area contributed by atoms with Crippen LogP contribution in [0.4, 0.5) is 0 Å². The van der Waals surface area contributed by atoms with E-state index in [-0.39, 0.29) is 6.54 Å². The van der Waals surface area contributed by atoms with Crippen LogP contribution in [0.15, 0.2) is 5.18 Å². The van der Waals surface area contributed by atoms with Crippen molar-refractivity contribution in [1.82, 2.24) is 0 Å². The summed E-state index contributed by atoms with van der Waals surface area (Å²) < 4.78 is 0. The third kappa shape index (κ3) is 5.56. The molecule has 0 aromatic heterocycles. The minimum absolute atomic E-state index is 0.198. The standard InChI is InChI=1S/C5H11NO2/c1-5(2,7)3-4-6-8/h7H,3-4H2,1-2H3. The van der Waals surface area contributed by atoms with E-state index in [1.807, 2.05) is 0 Å². The Balaban J connectivity index is 3.24. The topological polar surface area (TPSA) is 49.7 Å². The van der Waals surface area contributed by atoms with Crippen molar-refractivity contribution in [2.24, 2.45) is 5.18 Å². The van der Waals surface area contributed by atoms with Crippen LogP contribution in [-0.2, 0) is 0 Å². The van der Waals surface area contributed by atoms with Gasteiger partial charge in [0.05, 0.1) is 12.1 Å². The van der Waals surface area contributed by atoms with Crippen LogP contribution in [0.1, 0.15) is 20.3 Å². The second-order valence-corrected chi connectivity index (χ2v) is 2.42. The van der Waals surface area contributed by atoms with Crippen LogP contribution in [-0.4, -0.2) is 17.3 Å². The van der Waals surface area contributed by atoms with E-state index in [1.54, 1.807) is 13.8 Å². The Morgan fingerprint density at radius 1 is 1.62 bits per heavy atom. The van der Waals surface area contributed by atoms with E-state index in [2.05, 4.69) is 5.18 Å². The van der Waals surface area contributed by atoms with Gasteiger partial charge in [-0.3, -0.25) is 0 Å². The maximum atomic E-state index is 9.49. The number of aliphatic hydroxyl groups is 1. The van der Waals surface area contributed by atoms with Crippen LogP contribution in [0, 0.1) is 4.91 Å². The van der Waals surface area contributed by atoms with Crippen molar-refractivity contribution >= 4 is 0 Å². The van der Waals surface area contributed by atoms with Gasteiger partial charge in [-0.2, -0.15) is 4.91 Å². The first-order valence-corrected chi connectivity index (χ1v) is 2.58. The Morgan fingerprint density at radius 3 is 2.25 bits per heavy atom. The SMILES string of the molecule is CC(C)(O)CCN=O. The van der Waals surface area contributed by atoms with Crippen LogP contribution < -0.4 is 0 Å². The van der Waals surface area contributed by atoms with E-state index in [0.29, 0.717) is 6.42 Å². The molecule has 0 saturated carbocycles. The zero-order valence-corrected chi connectivity index (χ0v) is 5.22. The molecular formula is C5H11NO2. The van der Waals surface area contributed by atoms with E-state index in [1.165, 1.54) is 0 Å². The molecule has 0 aromatic rings. The first kappa shape index (κ1) is 7.56. The third-order valence-electron chi connectivity index (χ3n) is 0.815. The molecule has 0 unspecified atom stereocenters. The summed E-state index contributed by atoms with van der Waals surface area (Å²) in [5.74, 6) is 0. The van der Waals surface area contributed by atoms with Crippen LogP contribution in [0.25, 0.3) is 0 Å². The Morgan fingerprint density at radius 2 is 2.12 bits per heavy atom. The first-order valence-electron chi connectivity index (χ1n) is 2.58. The third-order valence-corrected chi connectivity index (χ3v) is 0.815. The van der Waals surface area contributed by atoms with E-state index >= 15 is 0 Å². The lowest BCUT2D eigenvalue weighted by atomic mass is 10.1. The molecule has 0 aromatic carbocycles. The lowest BCUT2D eigenvalue weighted by molar-refractivity contribution is 0.0738. The normalized spacial score (nSPS) is 11.4. The summed E-state index contributed by atoms with van der Waals surface area (Å²) in [4.78, 5) is 9.49. The average Bonchev–Trinajstić information content (AvgIpc) is 1.59. The lowest BCUT2D eigenvalue weighted by Crippen LogP contribution is -2.19. The maximum absolute atomic E-state index is 9.49. The fourth-order valence-electron chi connectivity index (χ4n) is 0.319. The van der Waals surface area contributed by atoms with Crippen molar-refractivity contribution in [1.29, 1.82) is 0 Å². The molecule has 0 rings (SSSR count). The van der Waals surface area contributed by atoms with E-state index in [0.717, 1.165) is 0 Å². The van der Waals surface area contributed by atoms with Crippen molar-refractivity contribution < 1.29 is 5.11 Å². The molecule has 0 fully saturated rings. The molecule has 0 amide bonds. The largest absolute Gasteiger partial charge is 0.390 e. The monoisotopic (exact) mass is 117 g/mol. The van der Waals surface area contributed by atoms with Gasteiger partial charge in [0.2, 0.25) is 0 Å². The van der Waals surface area contributed by atoms with Gasteiger partial charge >= 0.3 is 0 Å². The molecule has 0 bridgehead atoms. The van der Waals surface area contributed by atoms with Gasteiger partial charge in [-0.1, -0.05) is 5.18 Å². The van der Waals surface area contributed by atoms with Crippen molar-refractivity contribution in [3.05, 3.63) is 4.91 Å². The van der Waals surface area contributed by atoms with Gasteiger partial charge < -0.3 is 5.11 Å². The molecule has 0 spiro atoms. The summed E-state index contributed by atoms with van der Waals surface area (Å²) in [5, 5.41) is 11.6. The molecule has 8 heavy (non-hydrogen) atoms. The molecule has 0 heterocycles. The van der Waals surface area contributed by atoms with Crippen LogP contribution in [0.3, 0.4) is 0 Å².